The minimum Gasteiger partial charge on any atom is -0.366 e. The quantitative estimate of drug-likeness (QED) is 0.753. The van der Waals surface area contributed by atoms with Crippen LogP contribution < -0.4 is 5.73 Å². The van der Waals surface area contributed by atoms with Crippen LogP contribution in [0, 0.1) is 6.92 Å². The number of hydrogen-bond acceptors (Lipinski definition) is 5. The van der Waals surface area contributed by atoms with Crippen LogP contribution in [0.2, 0.25) is 0 Å². The third-order valence-electron chi connectivity index (χ3n) is 2.62. The molecule has 2 rings (SSSR count). The zero-order chi connectivity index (χ0) is 12.4. The van der Waals surface area contributed by atoms with Crippen molar-refractivity contribution >= 4 is 23.7 Å². The van der Waals surface area contributed by atoms with Crippen molar-refractivity contribution in [3.63, 3.8) is 0 Å². The second kappa shape index (κ2) is 6.26. The van der Waals surface area contributed by atoms with Gasteiger partial charge >= 0.3 is 0 Å². The Labute approximate surface area is 116 Å². The Balaban J connectivity index is 0.00000162. The van der Waals surface area contributed by atoms with E-state index in [2.05, 4.69) is 4.98 Å². The van der Waals surface area contributed by atoms with E-state index < -0.39 is 12.3 Å². The molecule has 0 saturated heterocycles. The number of halogens is 1. The number of aromatic nitrogens is 1. The highest BCUT2D eigenvalue weighted by Crippen LogP contribution is 2.28. The number of aryl methyl sites for hydroxylation is 1. The Morgan fingerprint density at radius 1 is 1.22 bits per heavy atom. The Morgan fingerprint density at radius 3 is 2.28 bits per heavy atom. The van der Waals surface area contributed by atoms with E-state index in [4.69, 9.17) is 15.9 Å². The summed E-state index contributed by atoms with van der Waals surface area (Å²) >= 11 is 1.58. The van der Waals surface area contributed by atoms with Crippen molar-refractivity contribution in [3.8, 4) is 10.4 Å². The second-order valence-corrected chi connectivity index (χ2v) is 4.68. The molecule has 2 aromatic rings. The molecule has 6 heteroatoms. The molecule has 98 valence electrons. The monoisotopic (exact) mass is 286 g/mol. The molecular weight excluding hydrogens is 272 g/mol. The van der Waals surface area contributed by atoms with E-state index in [9.17, 15) is 0 Å². The van der Waals surface area contributed by atoms with Crippen molar-refractivity contribution in [1.82, 2.24) is 4.98 Å². The lowest BCUT2D eigenvalue weighted by Crippen LogP contribution is -2.25. The maximum atomic E-state index is 8.99. The lowest BCUT2D eigenvalue weighted by Gasteiger charge is -2.14. The first-order chi connectivity index (χ1) is 8.09. The average molecular weight is 287 g/mol. The van der Waals surface area contributed by atoms with Crippen LogP contribution in [0.3, 0.4) is 0 Å². The Bertz CT molecular complexity index is 499. The highest BCUT2D eigenvalue weighted by Gasteiger charge is 2.13. The van der Waals surface area contributed by atoms with Crippen LogP contribution in [0.4, 0.5) is 0 Å². The lowest BCUT2D eigenvalue weighted by molar-refractivity contribution is -0.0589. The first kappa shape index (κ1) is 15.1. The summed E-state index contributed by atoms with van der Waals surface area (Å²) in [6, 6.07) is 6.67. The van der Waals surface area contributed by atoms with Crippen molar-refractivity contribution in [2.75, 3.05) is 0 Å². The predicted molar refractivity (Wildman–Crippen MR) is 74.7 cm³/mol. The summed E-state index contributed by atoms with van der Waals surface area (Å²) in [5, 5.41) is 18.0. The summed E-state index contributed by atoms with van der Waals surface area (Å²) in [5.74, 6) is 0. The molecule has 1 heterocycles. The van der Waals surface area contributed by atoms with E-state index in [0.29, 0.717) is 5.56 Å². The molecule has 0 fully saturated rings. The van der Waals surface area contributed by atoms with E-state index in [-0.39, 0.29) is 12.4 Å². The smallest absolute Gasteiger partial charge is 0.171 e. The number of rotatable bonds is 3. The SMILES string of the molecule is Cc1ncsc1-c1ccc([C@@H](N)C(O)O)cc1.Cl. The van der Waals surface area contributed by atoms with Gasteiger partial charge in [0.25, 0.3) is 0 Å². The van der Waals surface area contributed by atoms with E-state index in [1.807, 2.05) is 24.6 Å². The van der Waals surface area contributed by atoms with Crippen molar-refractivity contribution in [2.45, 2.75) is 19.3 Å². The first-order valence-corrected chi connectivity index (χ1v) is 6.09. The van der Waals surface area contributed by atoms with Crippen LogP contribution in [0.5, 0.6) is 0 Å². The van der Waals surface area contributed by atoms with Gasteiger partial charge in [-0.25, -0.2) is 4.98 Å². The van der Waals surface area contributed by atoms with Crippen LogP contribution in [0.25, 0.3) is 10.4 Å². The van der Waals surface area contributed by atoms with Crippen LogP contribution in [-0.2, 0) is 0 Å². The van der Waals surface area contributed by atoms with E-state index in [0.717, 1.165) is 16.1 Å². The molecule has 0 amide bonds. The van der Waals surface area contributed by atoms with Gasteiger partial charge in [0, 0.05) is 0 Å². The molecule has 4 N–H and O–H groups in total. The van der Waals surface area contributed by atoms with E-state index >= 15 is 0 Å². The molecule has 0 aliphatic heterocycles. The topological polar surface area (TPSA) is 79.4 Å². The summed E-state index contributed by atoms with van der Waals surface area (Å²) in [5.41, 5.74) is 10.2. The summed E-state index contributed by atoms with van der Waals surface area (Å²) in [6.45, 7) is 1.96. The third-order valence-corrected chi connectivity index (χ3v) is 3.60. The molecule has 0 aliphatic rings. The number of aliphatic hydroxyl groups is 2. The summed E-state index contributed by atoms with van der Waals surface area (Å²) in [6.07, 6.45) is -1.54. The molecule has 1 aromatic carbocycles. The molecule has 1 aromatic heterocycles. The zero-order valence-corrected chi connectivity index (χ0v) is 11.4. The largest absolute Gasteiger partial charge is 0.366 e. The van der Waals surface area contributed by atoms with Gasteiger partial charge in [-0.15, -0.1) is 23.7 Å². The van der Waals surface area contributed by atoms with Crippen LogP contribution in [-0.4, -0.2) is 21.5 Å². The normalized spacial score (nSPS) is 12.3. The molecule has 0 unspecified atom stereocenters. The fourth-order valence-electron chi connectivity index (χ4n) is 1.61. The third kappa shape index (κ3) is 3.07. The minimum absolute atomic E-state index is 0. The van der Waals surface area contributed by atoms with Crippen LogP contribution >= 0.6 is 23.7 Å². The predicted octanol–water partition coefficient (Wildman–Crippen LogP) is 1.85. The van der Waals surface area contributed by atoms with E-state index in [1.165, 1.54) is 0 Å². The lowest BCUT2D eigenvalue weighted by atomic mass is 10.0. The second-order valence-electron chi connectivity index (χ2n) is 3.83. The van der Waals surface area contributed by atoms with Gasteiger partial charge in [-0.1, -0.05) is 24.3 Å². The van der Waals surface area contributed by atoms with Gasteiger partial charge in [-0.05, 0) is 18.1 Å². The van der Waals surface area contributed by atoms with Gasteiger partial charge in [-0.2, -0.15) is 0 Å². The molecule has 0 spiro atoms. The number of thiazole rings is 1. The van der Waals surface area contributed by atoms with Gasteiger partial charge in [0.1, 0.15) is 0 Å². The van der Waals surface area contributed by atoms with Gasteiger partial charge in [0.05, 0.1) is 22.1 Å². The maximum Gasteiger partial charge on any atom is 0.171 e. The van der Waals surface area contributed by atoms with E-state index in [1.54, 1.807) is 23.5 Å². The molecule has 0 saturated carbocycles. The van der Waals surface area contributed by atoms with Crippen LogP contribution in [0.15, 0.2) is 29.8 Å². The fourth-order valence-corrected chi connectivity index (χ4v) is 2.42. The molecule has 0 radical (unpaired) electrons. The van der Waals surface area contributed by atoms with Crippen molar-refractivity contribution in [1.29, 1.82) is 0 Å². The number of hydrogen-bond donors (Lipinski definition) is 3. The molecule has 0 aliphatic carbocycles. The number of benzene rings is 1. The molecule has 18 heavy (non-hydrogen) atoms. The Hall–Kier alpha value is -0.980. The standard InChI is InChI=1S/C12H14N2O2S.ClH/c1-7-11(17-6-14-7)9-4-2-8(3-5-9)10(13)12(15)16;/h2-6,10,12,15-16H,13H2,1H3;1H/t10-;/m1./s1. The number of nitrogens with zero attached hydrogens (tertiary/aromatic N) is 1. The zero-order valence-electron chi connectivity index (χ0n) is 9.78. The Morgan fingerprint density at radius 2 is 1.83 bits per heavy atom. The first-order valence-electron chi connectivity index (χ1n) is 5.21. The van der Waals surface area contributed by atoms with Crippen LogP contribution in [0.1, 0.15) is 17.3 Å². The number of nitrogens with two attached hydrogens (primary N) is 1. The van der Waals surface area contributed by atoms with Crippen molar-refractivity contribution in [2.24, 2.45) is 5.73 Å². The minimum atomic E-state index is -1.54. The maximum absolute atomic E-state index is 8.99. The highest BCUT2D eigenvalue weighted by atomic mass is 35.5. The molecule has 4 nitrogen and oxygen atoms in total. The van der Waals surface area contributed by atoms with Gasteiger partial charge in [0.2, 0.25) is 0 Å². The highest BCUT2D eigenvalue weighted by molar-refractivity contribution is 7.13. The molecular formula is C12H15ClN2O2S. The number of aliphatic hydroxyl groups excluding tert-OH is 1. The van der Waals surface area contributed by atoms with Crippen molar-refractivity contribution in [3.05, 3.63) is 41.0 Å². The molecule has 1 atom stereocenters. The van der Waals surface area contributed by atoms with Gasteiger partial charge in [0.15, 0.2) is 6.29 Å². The summed E-state index contributed by atoms with van der Waals surface area (Å²) in [7, 11) is 0. The average Bonchev–Trinajstić information content (AvgIpc) is 2.74. The van der Waals surface area contributed by atoms with Crippen molar-refractivity contribution < 1.29 is 10.2 Å². The summed E-state index contributed by atoms with van der Waals surface area (Å²) in [4.78, 5) is 5.31. The fraction of sp³-hybridized carbons (Fsp3) is 0.250. The van der Waals surface area contributed by atoms with Gasteiger partial charge < -0.3 is 15.9 Å². The van der Waals surface area contributed by atoms with Gasteiger partial charge in [-0.3, -0.25) is 0 Å². The Kier molecular flexibility index (Phi) is 5.25. The molecule has 0 bridgehead atoms. The summed E-state index contributed by atoms with van der Waals surface area (Å²) < 4.78 is 0.